The van der Waals surface area contributed by atoms with E-state index in [9.17, 15) is 14.4 Å². The fourth-order valence-corrected chi connectivity index (χ4v) is 2.06. The Balaban J connectivity index is 1.72. The molecule has 0 aliphatic carbocycles. The molecular formula is C18H19N3O3. The maximum absolute atomic E-state index is 11.9. The van der Waals surface area contributed by atoms with Gasteiger partial charge < -0.3 is 5.32 Å². The molecule has 3 N–H and O–H groups in total. The molecule has 2 rings (SSSR count). The Labute approximate surface area is 140 Å². The van der Waals surface area contributed by atoms with Crippen LogP contribution in [0.5, 0.6) is 0 Å². The average Bonchev–Trinajstić information content (AvgIpc) is 2.59. The summed E-state index contributed by atoms with van der Waals surface area (Å²) in [5.74, 6) is -1.09. The normalized spacial score (nSPS) is 9.88. The molecule has 0 spiro atoms. The predicted molar refractivity (Wildman–Crippen MR) is 91.1 cm³/mol. The molecule has 2 aromatic carbocycles. The molecule has 0 unspecified atom stereocenters. The number of amides is 3. The second-order valence-electron chi connectivity index (χ2n) is 5.23. The van der Waals surface area contributed by atoms with Gasteiger partial charge in [0.25, 0.3) is 5.91 Å². The standard InChI is InChI=1S/C18H19N3O3/c1-13-7-5-6-10-15(13)18(24)21-20-17(23)12-11-16(22)19-14-8-3-2-4-9-14/h2-10H,11-12H2,1H3,(H,19,22)(H,20,23)(H,21,24). The molecule has 0 aliphatic heterocycles. The number of nitrogens with one attached hydrogen (secondary N) is 3. The van der Waals surface area contributed by atoms with Crippen molar-refractivity contribution in [1.29, 1.82) is 0 Å². The summed E-state index contributed by atoms with van der Waals surface area (Å²) in [4.78, 5) is 35.4. The third-order valence-corrected chi connectivity index (χ3v) is 3.34. The van der Waals surface area contributed by atoms with Crippen molar-refractivity contribution in [3.05, 3.63) is 65.7 Å². The number of hydrogen-bond acceptors (Lipinski definition) is 3. The maximum atomic E-state index is 11.9. The lowest BCUT2D eigenvalue weighted by molar-refractivity contribution is -0.124. The van der Waals surface area contributed by atoms with Crippen molar-refractivity contribution in [2.24, 2.45) is 0 Å². The third-order valence-electron chi connectivity index (χ3n) is 3.34. The van der Waals surface area contributed by atoms with Gasteiger partial charge in [0.1, 0.15) is 0 Å². The highest BCUT2D eigenvalue weighted by Crippen LogP contribution is 2.07. The molecule has 0 saturated carbocycles. The van der Waals surface area contributed by atoms with Gasteiger partial charge in [-0.2, -0.15) is 0 Å². The Hall–Kier alpha value is -3.15. The fraction of sp³-hybridized carbons (Fsp3) is 0.167. The molecule has 0 atom stereocenters. The molecule has 24 heavy (non-hydrogen) atoms. The monoisotopic (exact) mass is 325 g/mol. The first-order valence-electron chi connectivity index (χ1n) is 7.56. The minimum absolute atomic E-state index is 0.0211. The Morgan fingerprint density at radius 1 is 0.792 bits per heavy atom. The van der Waals surface area contributed by atoms with Crippen LogP contribution in [0.3, 0.4) is 0 Å². The zero-order chi connectivity index (χ0) is 17.4. The molecule has 0 saturated heterocycles. The molecule has 3 amide bonds. The van der Waals surface area contributed by atoms with Crippen LogP contribution >= 0.6 is 0 Å². The van der Waals surface area contributed by atoms with Gasteiger partial charge >= 0.3 is 0 Å². The smallest absolute Gasteiger partial charge is 0.269 e. The zero-order valence-corrected chi connectivity index (χ0v) is 13.3. The van der Waals surface area contributed by atoms with Crippen molar-refractivity contribution < 1.29 is 14.4 Å². The van der Waals surface area contributed by atoms with Crippen molar-refractivity contribution in [2.45, 2.75) is 19.8 Å². The van der Waals surface area contributed by atoms with Gasteiger partial charge in [0.2, 0.25) is 11.8 Å². The lowest BCUT2D eigenvalue weighted by Crippen LogP contribution is -2.42. The zero-order valence-electron chi connectivity index (χ0n) is 13.3. The summed E-state index contributed by atoms with van der Waals surface area (Å²) in [7, 11) is 0. The largest absolute Gasteiger partial charge is 0.326 e. The van der Waals surface area contributed by atoms with E-state index >= 15 is 0 Å². The highest BCUT2D eigenvalue weighted by atomic mass is 16.2. The lowest BCUT2D eigenvalue weighted by Gasteiger charge is -2.09. The van der Waals surface area contributed by atoms with Gasteiger partial charge in [-0.1, -0.05) is 36.4 Å². The van der Waals surface area contributed by atoms with Gasteiger partial charge in [-0.05, 0) is 30.7 Å². The first-order chi connectivity index (χ1) is 11.6. The van der Waals surface area contributed by atoms with Crippen molar-refractivity contribution in [2.75, 3.05) is 5.32 Å². The molecule has 0 bridgehead atoms. The molecule has 6 heteroatoms. The van der Waals surface area contributed by atoms with E-state index in [2.05, 4.69) is 16.2 Å². The number of benzene rings is 2. The van der Waals surface area contributed by atoms with E-state index in [-0.39, 0.29) is 18.7 Å². The number of hydrazine groups is 1. The van der Waals surface area contributed by atoms with E-state index in [4.69, 9.17) is 0 Å². The Morgan fingerprint density at radius 3 is 2.12 bits per heavy atom. The van der Waals surface area contributed by atoms with Gasteiger partial charge in [0, 0.05) is 24.1 Å². The van der Waals surface area contributed by atoms with Gasteiger partial charge in [-0.15, -0.1) is 0 Å². The predicted octanol–water partition coefficient (Wildman–Crippen LogP) is 2.17. The van der Waals surface area contributed by atoms with Crippen LogP contribution in [-0.2, 0) is 9.59 Å². The molecule has 0 aromatic heterocycles. The number of rotatable bonds is 5. The lowest BCUT2D eigenvalue weighted by atomic mass is 10.1. The van der Waals surface area contributed by atoms with Crippen molar-refractivity contribution in [3.63, 3.8) is 0 Å². The van der Waals surface area contributed by atoms with Crippen LogP contribution in [0.1, 0.15) is 28.8 Å². The quantitative estimate of drug-likeness (QED) is 0.736. The van der Waals surface area contributed by atoms with E-state index in [0.29, 0.717) is 11.3 Å². The van der Waals surface area contributed by atoms with E-state index in [1.807, 2.05) is 37.3 Å². The molecule has 0 aliphatic rings. The average molecular weight is 325 g/mol. The number of carbonyl (C=O) groups excluding carboxylic acids is 3. The minimum Gasteiger partial charge on any atom is -0.326 e. The van der Waals surface area contributed by atoms with Gasteiger partial charge in [0.05, 0.1) is 0 Å². The van der Waals surface area contributed by atoms with Crippen LogP contribution < -0.4 is 16.2 Å². The first kappa shape index (κ1) is 17.2. The van der Waals surface area contributed by atoms with E-state index in [1.165, 1.54) is 0 Å². The summed E-state index contributed by atoms with van der Waals surface area (Å²) in [6, 6.07) is 16.1. The number of hydrogen-bond donors (Lipinski definition) is 3. The summed E-state index contributed by atoms with van der Waals surface area (Å²) < 4.78 is 0. The third kappa shape index (κ3) is 5.24. The summed E-state index contributed by atoms with van der Waals surface area (Å²) >= 11 is 0. The van der Waals surface area contributed by atoms with Gasteiger partial charge in [0.15, 0.2) is 0 Å². The van der Waals surface area contributed by atoms with E-state index in [0.717, 1.165) is 5.56 Å². The van der Waals surface area contributed by atoms with Gasteiger partial charge in [-0.3, -0.25) is 25.2 Å². The van der Waals surface area contributed by atoms with Gasteiger partial charge in [-0.25, -0.2) is 0 Å². The SMILES string of the molecule is Cc1ccccc1C(=O)NNC(=O)CCC(=O)Nc1ccccc1. The van der Waals surface area contributed by atoms with Crippen molar-refractivity contribution >= 4 is 23.4 Å². The Kier molecular flexibility index (Phi) is 6.08. The van der Waals surface area contributed by atoms with Crippen LogP contribution in [0.2, 0.25) is 0 Å². The molecule has 0 fully saturated rings. The maximum Gasteiger partial charge on any atom is 0.269 e. The number of anilines is 1. The number of aryl methyl sites for hydroxylation is 1. The minimum atomic E-state index is -0.430. The molecule has 2 aromatic rings. The second kappa shape index (κ2) is 8.47. The molecule has 0 heterocycles. The molecular weight excluding hydrogens is 306 g/mol. The van der Waals surface area contributed by atoms with Crippen LogP contribution in [0.4, 0.5) is 5.69 Å². The first-order valence-corrected chi connectivity index (χ1v) is 7.56. The summed E-state index contributed by atoms with van der Waals surface area (Å²) in [5.41, 5.74) is 6.63. The number of carbonyl (C=O) groups is 3. The summed E-state index contributed by atoms with van der Waals surface area (Å²) in [6.07, 6.45) is 0.00762. The van der Waals surface area contributed by atoms with Crippen LogP contribution in [0.15, 0.2) is 54.6 Å². The summed E-state index contributed by atoms with van der Waals surface area (Å²) in [6.45, 7) is 1.81. The highest BCUT2D eigenvalue weighted by Gasteiger charge is 2.11. The topological polar surface area (TPSA) is 87.3 Å². The highest BCUT2D eigenvalue weighted by molar-refractivity contribution is 5.97. The fourth-order valence-electron chi connectivity index (χ4n) is 2.06. The van der Waals surface area contributed by atoms with Crippen LogP contribution in [0, 0.1) is 6.92 Å². The molecule has 6 nitrogen and oxygen atoms in total. The second-order valence-corrected chi connectivity index (χ2v) is 5.23. The van der Waals surface area contributed by atoms with Crippen LogP contribution in [0.25, 0.3) is 0 Å². The van der Waals surface area contributed by atoms with E-state index in [1.54, 1.807) is 24.3 Å². The molecule has 124 valence electrons. The summed E-state index contributed by atoms with van der Waals surface area (Å²) in [5, 5.41) is 2.69. The Bertz CT molecular complexity index is 729. The molecule has 0 radical (unpaired) electrons. The number of para-hydroxylation sites is 1. The van der Waals surface area contributed by atoms with E-state index < -0.39 is 11.8 Å². The Morgan fingerprint density at radius 2 is 1.42 bits per heavy atom. The van der Waals surface area contributed by atoms with Crippen LogP contribution in [-0.4, -0.2) is 17.7 Å². The van der Waals surface area contributed by atoms with Crippen molar-refractivity contribution in [1.82, 2.24) is 10.9 Å². The van der Waals surface area contributed by atoms with Crippen molar-refractivity contribution in [3.8, 4) is 0 Å².